The normalized spacial score (nSPS) is 19.4. The van der Waals surface area contributed by atoms with Crippen molar-refractivity contribution in [3.8, 4) is 5.75 Å². The van der Waals surface area contributed by atoms with E-state index in [4.69, 9.17) is 4.74 Å². The van der Waals surface area contributed by atoms with Crippen LogP contribution in [0.4, 0.5) is 0 Å². The maximum atomic E-state index is 10.5. The molecule has 1 saturated heterocycles. The first kappa shape index (κ1) is 21.3. The fraction of sp³-hybridized carbons (Fsp3) is 0.520. The Kier molecular flexibility index (Phi) is 7.39. The van der Waals surface area contributed by atoms with Crippen LogP contribution in [-0.2, 0) is 19.5 Å². The van der Waals surface area contributed by atoms with E-state index in [1.807, 2.05) is 6.07 Å². The van der Waals surface area contributed by atoms with Gasteiger partial charge in [-0.15, -0.1) is 0 Å². The number of aliphatic hydroxyl groups excluding tert-OH is 1. The highest BCUT2D eigenvalue weighted by molar-refractivity contribution is 5.29. The molecule has 2 aliphatic rings. The van der Waals surface area contributed by atoms with Gasteiger partial charge in [0.05, 0.1) is 0 Å². The van der Waals surface area contributed by atoms with Crippen molar-refractivity contribution in [2.75, 3.05) is 52.4 Å². The van der Waals surface area contributed by atoms with Gasteiger partial charge in [-0.25, -0.2) is 0 Å². The van der Waals surface area contributed by atoms with E-state index in [0.717, 1.165) is 64.5 Å². The molecule has 1 N–H and O–H groups in total. The molecule has 30 heavy (non-hydrogen) atoms. The van der Waals surface area contributed by atoms with Crippen LogP contribution >= 0.6 is 0 Å². The Labute approximate surface area is 180 Å². The van der Waals surface area contributed by atoms with Crippen molar-refractivity contribution in [3.63, 3.8) is 0 Å². The zero-order valence-corrected chi connectivity index (χ0v) is 18.2. The van der Waals surface area contributed by atoms with Gasteiger partial charge < -0.3 is 14.7 Å². The van der Waals surface area contributed by atoms with Crippen LogP contribution < -0.4 is 4.74 Å². The number of hydrogen-bond acceptors (Lipinski definition) is 5. The number of rotatable bonds is 8. The average Bonchev–Trinajstić information content (AvgIpc) is 2.78. The minimum atomic E-state index is -0.485. The summed E-state index contributed by atoms with van der Waals surface area (Å²) in [6, 6.07) is 16.9. The van der Waals surface area contributed by atoms with E-state index in [1.54, 1.807) is 0 Å². The lowest BCUT2D eigenvalue weighted by Crippen LogP contribution is -2.45. The Morgan fingerprint density at radius 2 is 1.67 bits per heavy atom. The number of aliphatic hydroxyl groups is 1. The molecule has 2 heterocycles. The number of likely N-dealkylation sites (N-methyl/N-ethyl adjacent to an activating group) is 1. The number of nitrogens with zero attached hydrogens (tertiary/aromatic N) is 3. The molecule has 0 amide bonds. The van der Waals surface area contributed by atoms with Gasteiger partial charge in [-0.3, -0.25) is 9.80 Å². The van der Waals surface area contributed by atoms with E-state index in [2.05, 4.69) is 64.1 Å². The highest BCUT2D eigenvalue weighted by Gasteiger charge is 2.19. The monoisotopic (exact) mass is 409 g/mol. The predicted octanol–water partition coefficient (Wildman–Crippen LogP) is 2.62. The standard InChI is InChI=1S/C25H35N3O2/c1-2-26-12-14-27(15-13-26)17-21-6-5-9-25(16-21)30-20-24(29)19-28-11-10-22-7-3-4-8-23(22)18-28/h3-9,16,24,29H,2,10-15,17-20H2,1H3. The van der Waals surface area contributed by atoms with Crippen molar-refractivity contribution < 1.29 is 9.84 Å². The van der Waals surface area contributed by atoms with Crippen LogP contribution in [0.3, 0.4) is 0 Å². The molecule has 5 nitrogen and oxygen atoms in total. The zero-order chi connectivity index (χ0) is 20.8. The lowest BCUT2D eigenvalue weighted by atomic mass is 10.00. The predicted molar refractivity (Wildman–Crippen MR) is 121 cm³/mol. The average molecular weight is 410 g/mol. The van der Waals surface area contributed by atoms with Crippen LogP contribution in [0.2, 0.25) is 0 Å². The third-order valence-corrected chi connectivity index (χ3v) is 6.34. The van der Waals surface area contributed by atoms with Crippen LogP contribution in [-0.4, -0.2) is 78.3 Å². The van der Waals surface area contributed by atoms with Crippen LogP contribution in [0.5, 0.6) is 5.75 Å². The molecule has 0 aliphatic carbocycles. The lowest BCUT2D eigenvalue weighted by molar-refractivity contribution is 0.0637. The first-order valence-electron chi connectivity index (χ1n) is 11.3. The third-order valence-electron chi connectivity index (χ3n) is 6.34. The van der Waals surface area contributed by atoms with Gasteiger partial charge in [0.15, 0.2) is 0 Å². The first-order valence-corrected chi connectivity index (χ1v) is 11.3. The first-order chi connectivity index (χ1) is 14.7. The van der Waals surface area contributed by atoms with Crippen molar-refractivity contribution in [3.05, 3.63) is 65.2 Å². The third kappa shape index (κ3) is 5.82. The lowest BCUT2D eigenvalue weighted by Gasteiger charge is -2.34. The second kappa shape index (κ2) is 10.4. The molecule has 1 fully saturated rings. The molecule has 1 atom stereocenters. The summed E-state index contributed by atoms with van der Waals surface area (Å²) < 4.78 is 5.94. The van der Waals surface area contributed by atoms with E-state index >= 15 is 0 Å². The Hall–Kier alpha value is -1.92. The van der Waals surface area contributed by atoms with Gasteiger partial charge in [0, 0.05) is 52.4 Å². The SMILES string of the molecule is CCN1CCN(Cc2cccc(OCC(O)CN3CCc4ccccc4C3)c2)CC1. The summed E-state index contributed by atoms with van der Waals surface area (Å²) in [6.07, 6.45) is 0.569. The van der Waals surface area contributed by atoms with Gasteiger partial charge in [-0.2, -0.15) is 0 Å². The number of benzene rings is 2. The Balaban J connectivity index is 1.22. The molecular weight excluding hydrogens is 374 g/mol. The smallest absolute Gasteiger partial charge is 0.119 e. The van der Waals surface area contributed by atoms with Gasteiger partial charge in [0.1, 0.15) is 18.5 Å². The summed E-state index contributed by atoms with van der Waals surface area (Å²) in [4.78, 5) is 7.33. The van der Waals surface area contributed by atoms with Crippen molar-refractivity contribution in [1.82, 2.24) is 14.7 Å². The number of piperazine rings is 1. The van der Waals surface area contributed by atoms with Gasteiger partial charge in [-0.1, -0.05) is 43.3 Å². The highest BCUT2D eigenvalue weighted by Crippen LogP contribution is 2.19. The molecule has 2 aromatic rings. The summed E-state index contributed by atoms with van der Waals surface area (Å²) >= 11 is 0. The second-order valence-corrected chi connectivity index (χ2v) is 8.58. The van der Waals surface area contributed by atoms with E-state index < -0.39 is 6.10 Å². The number of ether oxygens (including phenoxy) is 1. The molecule has 0 aromatic heterocycles. The molecule has 2 aliphatic heterocycles. The van der Waals surface area contributed by atoms with Crippen LogP contribution in [0.1, 0.15) is 23.6 Å². The molecule has 162 valence electrons. The quantitative estimate of drug-likeness (QED) is 0.726. The van der Waals surface area contributed by atoms with E-state index in [0.29, 0.717) is 13.2 Å². The maximum absolute atomic E-state index is 10.5. The zero-order valence-electron chi connectivity index (χ0n) is 18.2. The minimum Gasteiger partial charge on any atom is -0.491 e. The summed E-state index contributed by atoms with van der Waals surface area (Å²) in [5.41, 5.74) is 4.09. The highest BCUT2D eigenvalue weighted by atomic mass is 16.5. The topological polar surface area (TPSA) is 39.2 Å². The van der Waals surface area contributed by atoms with Crippen molar-refractivity contribution >= 4 is 0 Å². The summed E-state index contributed by atoms with van der Waals surface area (Å²) in [5.74, 6) is 0.850. The molecule has 4 rings (SSSR count). The number of hydrogen-bond donors (Lipinski definition) is 1. The largest absolute Gasteiger partial charge is 0.491 e. The van der Waals surface area contributed by atoms with Gasteiger partial charge in [0.2, 0.25) is 0 Å². The van der Waals surface area contributed by atoms with Gasteiger partial charge in [0.25, 0.3) is 0 Å². The van der Waals surface area contributed by atoms with Crippen molar-refractivity contribution in [1.29, 1.82) is 0 Å². The maximum Gasteiger partial charge on any atom is 0.119 e. The van der Waals surface area contributed by atoms with Crippen LogP contribution in [0, 0.1) is 0 Å². The number of fused-ring (bicyclic) bond motifs is 1. The molecule has 0 spiro atoms. The van der Waals surface area contributed by atoms with Crippen molar-refractivity contribution in [2.24, 2.45) is 0 Å². The van der Waals surface area contributed by atoms with Crippen LogP contribution in [0.25, 0.3) is 0 Å². The molecular formula is C25H35N3O2. The summed E-state index contributed by atoms with van der Waals surface area (Å²) in [6.45, 7) is 11.8. The molecule has 5 heteroatoms. The van der Waals surface area contributed by atoms with Crippen molar-refractivity contribution in [2.45, 2.75) is 32.5 Å². The van der Waals surface area contributed by atoms with E-state index in [9.17, 15) is 5.11 Å². The van der Waals surface area contributed by atoms with Crippen LogP contribution in [0.15, 0.2) is 48.5 Å². The Bertz CT molecular complexity index is 804. The fourth-order valence-corrected chi connectivity index (χ4v) is 4.51. The minimum absolute atomic E-state index is 0.330. The van der Waals surface area contributed by atoms with E-state index in [-0.39, 0.29) is 0 Å². The van der Waals surface area contributed by atoms with Gasteiger partial charge in [-0.05, 0) is 41.8 Å². The molecule has 0 saturated carbocycles. The fourth-order valence-electron chi connectivity index (χ4n) is 4.51. The summed E-state index contributed by atoms with van der Waals surface area (Å²) in [7, 11) is 0. The molecule has 0 radical (unpaired) electrons. The Morgan fingerprint density at radius 1 is 0.900 bits per heavy atom. The number of β-amino-alcohol motifs (C(OH)–C–C–N with tert-alkyl or cyclic N) is 1. The van der Waals surface area contributed by atoms with Gasteiger partial charge >= 0.3 is 0 Å². The molecule has 1 unspecified atom stereocenters. The molecule has 0 bridgehead atoms. The second-order valence-electron chi connectivity index (χ2n) is 8.58. The summed E-state index contributed by atoms with van der Waals surface area (Å²) in [5, 5.41) is 10.5. The Morgan fingerprint density at radius 3 is 2.47 bits per heavy atom. The molecule has 2 aromatic carbocycles. The van der Waals surface area contributed by atoms with E-state index in [1.165, 1.54) is 16.7 Å².